The molecule has 0 bridgehead atoms. The third-order valence-electron chi connectivity index (χ3n) is 6.37. The van der Waals surface area contributed by atoms with Gasteiger partial charge < -0.3 is 10.2 Å². The van der Waals surface area contributed by atoms with Crippen molar-refractivity contribution in [1.29, 1.82) is 0 Å². The van der Waals surface area contributed by atoms with Crippen molar-refractivity contribution < 1.29 is 9.69 Å². The number of benzene rings is 1. The molecule has 5 rings (SSSR count). The molecule has 2 aliphatic rings. The molecular weight excluding hydrogens is 382 g/mol. The average molecular weight is 411 g/mol. The van der Waals surface area contributed by atoms with Crippen molar-refractivity contribution in [3.05, 3.63) is 41.5 Å². The van der Waals surface area contributed by atoms with Crippen LogP contribution >= 0.6 is 11.3 Å². The first kappa shape index (κ1) is 18.8. The van der Waals surface area contributed by atoms with E-state index in [0.29, 0.717) is 18.5 Å². The maximum atomic E-state index is 12.6. The van der Waals surface area contributed by atoms with Gasteiger partial charge in [-0.25, -0.2) is 9.67 Å². The van der Waals surface area contributed by atoms with E-state index < -0.39 is 0 Å². The fraction of sp³-hybridized carbons (Fsp3) is 0.500. The summed E-state index contributed by atoms with van der Waals surface area (Å²) < 4.78 is 3.29. The monoisotopic (exact) mass is 410 g/mol. The summed E-state index contributed by atoms with van der Waals surface area (Å²) in [7, 11) is 0. The Hall–Kier alpha value is -2.25. The van der Waals surface area contributed by atoms with Gasteiger partial charge in [-0.05, 0) is 25.0 Å². The molecule has 3 heterocycles. The Kier molecular flexibility index (Phi) is 5.33. The number of carbonyl (C=O) groups excluding carboxylic acids is 1. The second-order valence-corrected chi connectivity index (χ2v) is 9.43. The van der Waals surface area contributed by atoms with Gasteiger partial charge in [0, 0.05) is 24.8 Å². The topological polar surface area (TPSA) is 64.2 Å². The third-order valence-corrected chi connectivity index (χ3v) is 7.57. The molecule has 7 heteroatoms. The highest BCUT2D eigenvalue weighted by atomic mass is 32.1. The number of likely N-dealkylation sites (tertiary alicyclic amines) is 1. The van der Waals surface area contributed by atoms with Gasteiger partial charge in [-0.15, -0.1) is 11.3 Å². The summed E-state index contributed by atoms with van der Waals surface area (Å²) in [5, 5.41) is 8.81. The van der Waals surface area contributed by atoms with Crippen molar-refractivity contribution in [1.82, 2.24) is 14.8 Å². The molecule has 1 aliphatic carbocycles. The Morgan fingerprint density at radius 3 is 2.72 bits per heavy atom. The Morgan fingerprint density at radius 1 is 1.14 bits per heavy atom. The van der Waals surface area contributed by atoms with Crippen LogP contribution in [0.25, 0.3) is 10.2 Å². The second-order valence-electron chi connectivity index (χ2n) is 8.37. The third kappa shape index (κ3) is 4.07. The number of amides is 1. The average Bonchev–Trinajstić information content (AvgIpc) is 3.48. The Bertz CT molecular complexity index is 949. The molecule has 1 saturated heterocycles. The minimum Gasteiger partial charge on any atom is -0.327 e. The van der Waals surface area contributed by atoms with Gasteiger partial charge in [0.1, 0.15) is 5.82 Å². The predicted molar refractivity (Wildman–Crippen MR) is 116 cm³/mol. The van der Waals surface area contributed by atoms with Crippen LogP contribution in [-0.2, 0) is 4.79 Å². The number of piperidine rings is 1. The van der Waals surface area contributed by atoms with Crippen LogP contribution in [0, 0.1) is 0 Å². The number of fused-ring (bicyclic) bond motifs is 1. The molecule has 2 aromatic heterocycles. The summed E-state index contributed by atoms with van der Waals surface area (Å²) >= 11 is 1.83. The summed E-state index contributed by atoms with van der Waals surface area (Å²) in [4.78, 5) is 18.8. The van der Waals surface area contributed by atoms with Gasteiger partial charge >= 0.3 is 0 Å². The zero-order valence-corrected chi connectivity index (χ0v) is 17.5. The molecular formula is C22H28N5OS+. The number of anilines is 1. The molecule has 0 radical (unpaired) electrons. The molecule has 0 atom stereocenters. The number of thiazole rings is 1. The normalized spacial score (nSPS) is 22.9. The smallest absolute Gasteiger partial charge is 0.280 e. The molecule has 0 unspecified atom stereocenters. The van der Waals surface area contributed by atoms with Gasteiger partial charge in [-0.2, -0.15) is 5.10 Å². The number of nitrogens with zero attached hydrogens (tertiary/aromatic N) is 3. The number of quaternary nitrogens is 1. The lowest BCUT2D eigenvalue weighted by Gasteiger charge is -2.27. The summed E-state index contributed by atoms with van der Waals surface area (Å²) in [5.74, 6) is 1.48. The zero-order valence-electron chi connectivity index (χ0n) is 16.6. The molecule has 1 aromatic carbocycles. The molecule has 2 N–H and O–H groups in total. The van der Waals surface area contributed by atoms with E-state index >= 15 is 0 Å². The van der Waals surface area contributed by atoms with Crippen LogP contribution in [0.1, 0.15) is 55.5 Å². The van der Waals surface area contributed by atoms with Gasteiger partial charge in [0.2, 0.25) is 0 Å². The molecule has 152 valence electrons. The molecule has 2 fully saturated rings. The maximum Gasteiger partial charge on any atom is 0.280 e. The first-order valence-electron chi connectivity index (χ1n) is 10.8. The number of hydrogen-bond donors (Lipinski definition) is 2. The minimum absolute atomic E-state index is 0.0955. The van der Waals surface area contributed by atoms with Crippen LogP contribution in [0.15, 0.2) is 36.5 Å². The summed E-state index contributed by atoms with van der Waals surface area (Å²) in [6.45, 7) is 2.58. The minimum atomic E-state index is 0.0955. The first-order chi connectivity index (χ1) is 14.3. The van der Waals surface area contributed by atoms with E-state index in [-0.39, 0.29) is 5.91 Å². The van der Waals surface area contributed by atoms with Crippen molar-refractivity contribution in [3.8, 4) is 0 Å². The highest BCUT2D eigenvalue weighted by Gasteiger charge is 2.27. The summed E-state index contributed by atoms with van der Waals surface area (Å²) in [6.07, 6.45) is 8.83. The van der Waals surface area contributed by atoms with Crippen LogP contribution in [0.3, 0.4) is 0 Å². The van der Waals surface area contributed by atoms with E-state index in [0.717, 1.165) is 50.1 Å². The largest absolute Gasteiger partial charge is 0.327 e. The lowest BCUT2D eigenvalue weighted by molar-refractivity contribution is -0.897. The number of rotatable bonds is 5. The highest BCUT2D eigenvalue weighted by molar-refractivity contribution is 7.18. The fourth-order valence-corrected chi connectivity index (χ4v) is 5.92. The Morgan fingerprint density at radius 2 is 1.93 bits per heavy atom. The van der Waals surface area contributed by atoms with Crippen LogP contribution in [0.2, 0.25) is 0 Å². The SMILES string of the molecule is O=C(C[NH+]1CCC(c2nc3ccccc3s2)CC1)Nc1ccnn1C1CCCC1. The Balaban J connectivity index is 1.15. The number of nitrogens with one attached hydrogen (secondary N) is 2. The number of carbonyl (C=O) groups is 1. The van der Waals surface area contributed by atoms with Gasteiger partial charge in [-0.3, -0.25) is 4.79 Å². The molecule has 1 aliphatic heterocycles. The quantitative estimate of drug-likeness (QED) is 0.680. The van der Waals surface area contributed by atoms with E-state index in [4.69, 9.17) is 4.98 Å². The van der Waals surface area contributed by atoms with Crippen molar-refractivity contribution in [3.63, 3.8) is 0 Å². The van der Waals surface area contributed by atoms with Crippen LogP contribution in [0.5, 0.6) is 0 Å². The number of hydrogen-bond acceptors (Lipinski definition) is 4. The van der Waals surface area contributed by atoms with Crippen LogP contribution in [0.4, 0.5) is 5.82 Å². The summed E-state index contributed by atoms with van der Waals surface area (Å²) in [5.41, 5.74) is 1.11. The highest BCUT2D eigenvalue weighted by Crippen LogP contribution is 2.32. The standard InChI is InChI=1S/C22H27N5OS/c28-21(25-20-9-12-23-27(20)17-5-1-2-6-17)15-26-13-10-16(11-14-26)22-24-18-7-3-4-8-19(18)29-22/h3-4,7-9,12,16-17H,1-2,5-6,10-11,13-15H2,(H,25,28)/p+1. The van der Waals surface area contributed by atoms with Crippen LogP contribution < -0.4 is 10.2 Å². The van der Waals surface area contributed by atoms with Crippen molar-refractivity contribution in [2.24, 2.45) is 0 Å². The second kappa shape index (κ2) is 8.24. The van der Waals surface area contributed by atoms with E-state index in [1.165, 1.54) is 27.4 Å². The van der Waals surface area contributed by atoms with Gasteiger partial charge in [0.05, 0.1) is 40.6 Å². The number of aromatic nitrogens is 3. The van der Waals surface area contributed by atoms with Crippen LogP contribution in [-0.4, -0.2) is 40.3 Å². The molecule has 1 amide bonds. The lowest BCUT2D eigenvalue weighted by atomic mass is 9.97. The predicted octanol–water partition coefficient (Wildman–Crippen LogP) is 3.01. The first-order valence-corrected chi connectivity index (χ1v) is 11.6. The molecule has 29 heavy (non-hydrogen) atoms. The lowest BCUT2D eigenvalue weighted by Crippen LogP contribution is -3.14. The van der Waals surface area contributed by atoms with Gasteiger partial charge in [0.25, 0.3) is 5.91 Å². The Labute approximate surface area is 174 Å². The van der Waals surface area contributed by atoms with Gasteiger partial charge in [-0.1, -0.05) is 25.0 Å². The fourth-order valence-electron chi connectivity index (χ4n) is 4.78. The van der Waals surface area contributed by atoms with E-state index in [1.54, 1.807) is 6.20 Å². The molecule has 3 aromatic rings. The van der Waals surface area contributed by atoms with Crippen molar-refractivity contribution in [2.75, 3.05) is 25.0 Å². The number of para-hydroxylation sites is 1. The molecule has 6 nitrogen and oxygen atoms in total. The maximum absolute atomic E-state index is 12.6. The van der Waals surface area contributed by atoms with Gasteiger partial charge in [0.15, 0.2) is 6.54 Å². The summed E-state index contributed by atoms with van der Waals surface area (Å²) in [6, 6.07) is 10.7. The van der Waals surface area contributed by atoms with Crippen molar-refractivity contribution >= 4 is 33.3 Å². The van der Waals surface area contributed by atoms with E-state index in [2.05, 4.69) is 34.7 Å². The zero-order chi connectivity index (χ0) is 19.6. The molecule has 0 spiro atoms. The molecule has 1 saturated carbocycles. The van der Waals surface area contributed by atoms with E-state index in [9.17, 15) is 4.79 Å². The van der Waals surface area contributed by atoms with Crippen molar-refractivity contribution in [2.45, 2.75) is 50.5 Å². The van der Waals surface area contributed by atoms with E-state index in [1.807, 2.05) is 22.1 Å².